The molecule has 0 amide bonds. The Morgan fingerprint density at radius 2 is 2.50 bits per heavy atom. The number of nitriles is 1. The zero-order valence-electron chi connectivity index (χ0n) is 10.7. The summed E-state index contributed by atoms with van der Waals surface area (Å²) in [5.41, 5.74) is 1.60. The van der Waals surface area contributed by atoms with E-state index >= 15 is 0 Å². The van der Waals surface area contributed by atoms with Crippen molar-refractivity contribution in [2.24, 2.45) is 5.92 Å². The molecule has 1 aliphatic rings. The molecule has 1 aliphatic heterocycles. The molecule has 0 aromatic carbocycles. The lowest BCUT2D eigenvalue weighted by Crippen LogP contribution is -2.30. The first kappa shape index (κ1) is 12.8. The first-order chi connectivity index (χ1) is 9.76. The predicted molar refractivity (Wildman–Crippen MR) is 72.9 cm³/mol. The normalized spacial score (nSPS) is 21.1. The zero-order valence-corrected chi connectivity index (χ0v) is 11.5. The van der Waals surface area contributed by atoms with Crippen LogP contribution in [-0.2, 0) is 11.3 Å². The van der Waals surface area contributed by atoms with E-state index in [1.165, 1.54) is 0 Å². The largest absolute Gasteiger partial charge is 0.422 e. The number of hydrogen-bond acceptors (Lipinski definition) is 6. The molecule has 0 radical (unpaired) electrons. The van der Waals surface area contributed by atoms with Crippen LogP contribution in [0.15, 0.2) is 17.5 Å². The third kappa shape index (κ3) is 1.90. The number of aromatic nitrogens is 2. The highest BCUT2D eigenvalue weighted by Crippen LogP contribution is 2.44. The van der Waals surface area contributed by atoms with Gasteiger partial charge in [0.2, 0.25) is 11.8 Å². The highest BCUT2D eigenvalue weighted by molar-refractivity contribution is 7.10. The molecule has 0 fully saturated rings. The van der Waals surface area contributed by atoms with Crippen LogP contribution in [0.3, 0.4) is 0 Å². The van der Waals surface area contributed by atoms with Gasteiger partial charge in [-0.25, -0.2) is 0 Å². The molecule has 2 unspecified atom stereocenters. The van der Waals surface area contributed by atoms with E-state index in [-0.39, 0.29) is 11.8 Å². The van der Waals surface area contributed by atoms with Gasteiger partial charge in [-0.3, -0.25) is 10.5 Å². The number of H-pyrrole nitrogens is 1. The van der Waals surface area contributed by atoms with Gasteiger partial charge >= 0.3 is 0 Å². The molecule has 20 heavy (non-hydrogen) atoms. The van der Waals surface area contributed by atoms with Crippen LogP contribution in [0.5, 0.6) is 5.88 Å². The van der Waals surface area contributed by atoms with Gasteiger partial charge in [0.1, 0.15) is 5.92 Å². The van der Waals surface area contributed by atoms with E-state index in [4.69, 9.17) is 14.9 Å². The van der Waals surface area contributed by atoms with Crippen LogP contribution in [-0.4, -0.2) is 23.2 Å². The summed E-state index contributed by atoms with van der Waals surface area (Å²) in [6, 6.07) is 6.06. The summed E-state index contributed by atoms with van der Waals surface area (Å²) in [5.74, 6) is -0.574. The molecular weight excluding hydrogens is 276 g/mol. The molecular formula is C13H12N4O2S. The maximum Gasteiger partial charge on any atom is 0.243 e. The number of methoxy groups -OCH3 is 1. The van der Waals surface area contributed by atoms with Crippen LogP contribution in [0, 0.1) is 22.7 Å². The van der Waals surface area contributed by atoms with Gasteiger partial charge in [-0.05, 0) is 11.4 Å². The standard InChI is InChI=1S/C13H12N4O2S/c1-18-6-8-11-10(9-3-2-4-20-9)7(5-14)12(15)19-13(11)17-16-8/h2-4,7,10,15H,6H2,1H3,(H,16,17). The highest BCUT2D eigenvalue weighted by Gasteiger charge is 2.40. The van der Waals surface area contributed by atoms with Crippen molar-refractivity contribution in [3.8, 4) is 11.9 Å². The van der Waals surface area contributed by atoms with Crippen molar-refractivity contribution in [2.75, 3.05) is 7.11 Å². The Labute approximate surface area is 119 Å². The fourth-order valence-corrected chi connectivity index (χ4v) is 3.29. The van der Waals surface area contributed by atoms with Crippen LogP contribution in [0.1, 0.15) is 22.1 Å². The van der Waals surface area contributed by atoms with E-state index < -0.39 is 5.92 Å². The summed E-state index contributed by atoms with van der Waals surface area (Å²) < 4.78 is 10.5. The van der Waals surface area contributed by atoms with Crippen molar-refractivity contribution >= 4 is 17.2 Å². The number of thiophene rings is 1. The van der Waals surface area contributed by atoms with Gasteiger partial charge in [0.15, 0.2) is 0 Å². The van der Waals surface area contributed by atoms with E-state index in [1.54, 1.807) is 18.4 Å². The summed E-state index contributed by atoms with van der Waals surface area (Å²) in [6.07, 6.45) is 0. The minimum Gasteiger partial charge on any atom is -0.422 e. The van der Waals surface area contributed by atoms with E-state index in [2.05, 4.69) is 16.3 Å². The monoisotopic (exact) mass is 288 g/mol. The van der Waals surface area contributed by atoms with Crippen LogP contribution in [0.2, 0.25) is 0 Å². The van der Waals surface area contributed by atoms with Gasteiger partial charge in [0, 0.05) is 17.6 Å². The van der Waals surface area contributed by atoms with Crippen LogP contribution >= 0.6 is 11.3 Å². The molecule has 2 aromatic rings. The van der Waals surface area contributed by atoms with Crippen molar-refractivity contribution in [3.63, 3.8) is 0 Å². The quantitative estimate of drug-likeness (QED) is 0.905. The lowest BCUT2D eigenvalue weighted by Gasteiger charge is -2.26. The zero-order chi connectivity index (χ0) is 14.1. The summed E-state index contributed by atoms with van der Waals surface area (Å²) in [4.78, 5) is 1.02. The molecule has 0 spiro atoms. The van der Waals surface area contributed by atoms with E-state index in [0.29, 0.717) is 12.5 Å². The molecule has 7 heteroatoms. The van der Waals surface area contributed by atoms with Gasteiger partial charge in [0.25, 0.3) is 0 Å². The predicted octanol–water partition coefficient (Wildman–Crippen LogP) is 2.26. The van der Waals surface area contributed by atoms with Crippen LogP contribution < -0.4 is 4.74 Å². The highest BCUT2D eigenvalue weighted by atomic mass is 32.1. The number of hydrogen-bond donors (Lipinski definition) is 2. The Balaban J connectivity index is 2.16. The number of aromatic amines is 1. The third-order valence-corrected chi connectivity index (χ3v) is 4.21. The van der Waals surface area contributed by atoms with E-state index in [0.717, 1.165) is 16.1 Å². The average Bonchev–Trinajstić information content (AvgIpc) is 3.08. The Kier molecular flexibility index (Phi) is 3.26. The second kappa shape index (κ2) is 5.07. The fourth-order valence-electron chi connectivity index (χ4n) is 2.41. The molecule has 3 rings (SSSR count). The minimum atomic E-state index is -0.644. The fraction of sp³-hybridized carbons (Fsp3) is 0.308. The molecule has 6 nitrogen and oxygen atoms in total. The summed E-state index contributed by atoms with van der Waals surface area (Å²) in [6.45, 7) is 0.360. The Bertz CT molecular complexity index is 671. The number of nitrogens with one attached hydrogen (secondary N) is 2. The van der Waals surface area contributed by atoms with E-state index in [9.17, 15) is 5.26 Å². The van der Waals surface area contributed by atoms with Gasteiger partial charge in [-0.1, -0.05) is 6.07 Å². The second-order valence-electron chi connectivity index (χ2n) is 4.42. The van der Waals surface area contributed by atoms with Crippen LogP contribution in [0.4, 0.5) is 0 Å². The summed E-state index contributed by atoms with van der Waals surface area (Å²) in [7, 11) is 1.60. The van der Waals surface area contributed by atoms with Crippen molar-refractivity contribution in [2.45, 2.75) is 12.5 Å². The van der Waals surface area contributed by atoms with E-state index in [1.807, 2.05) is 17.5 Å². The molecule has 102 valence electrons. The molecule has 3 heterocycles. The van der Waals surface area contributed by atoms with Crippen molar-refractivity contribution in [1.82, 2.24) is 10.2 Å². The average molecular weight is 288 g/mol. The van der Waals surface area contributed by atoms with Gasteiger partial charge < -0.3 is 9.47 Å². The first-order valence-corrected chi connectivity index (χ1v) is 6.89. The lowest BCUT2D eigenvalue weighted by atomic mass is 9.83. The molecule has 2 atom stereocenters. The van der Waals surface area contributed by atoms with Gasteiger partial charge in [-0.15, -0.1) is 16.4 Å². The number of nitrogens with zero attached hydrogens (tertiary/aromatic N) is 2. The molecule has 0 saturated heterocycles. The minimum absolute atomic E-state index is 0.0612. The Morgan fingerprint density at radius 1 is 1.65 bits per heavy atom. The maximum atomic E-state index is 9.39. The smallest absolute Gasteiger partial charge is 0.243 e. The summed E-state index contributed by atoms with van der Waals surface area (Å²) >= 11 is 1.56. The third-order valence-electron chi connectivity index (χ3n) is 3.26. The van der Waals surface area contributed by atoms with Crippen LogP contribution in [0.25, 0.3) is 0 Å². The number of fused-ring (bicyclic) bond motifs is 1. The molecule has 0 aliphatic carbocycles. The van der Waals surface area contributed by atoms with Crippen molar-refractivity contribution in [1.29, 1.82) is 10.7 Å². The first-order valence-electron chi connectivity index (χ1n) is 6.01. The van der Waals surface area contributed by atoms with Gasteiger partial charge in [-0.2, -0.15) is 5.26 Å². The van der Waals surface area contributed by atoms with Crippen molar-refractivity contribution < 1.29 is 9.47 Å². The Hall–Kier alpha value is -2.17. The Morgan fingerprint density at radius 3 is 3.15 bits per heavy atom. The molecule has 2 aromatic heterocycles. The lowest BCUT2D eigenvalue weighted by molar-refractivity contribution is 0.180. The maximum absolute atomic E-state index is 9.39. The second-order valence-corrected chi connectivity index (χ2v) is 5.40. The molecule has 0 bridgehead atoms. The van der Waals surface area contributed by atoms with Gasteiger partial charge in [0.05, 0.1) is 24.3 Å². The van der Waals surface area contributed by atoms with Crippen molar-refractivity contribution in [3.05, 3.63) is 33.6 Å². The number of rotatable bonds is 3. The number of ether oxygens (including phenoxy) is 2. The topological polar surface area (TPSA) is 94.8 Å². The molecule has 0 saturated carbocycles. The SMILES string of the molecule is COCc1[nH]nc2c1C(c1cccs1)C(C#N)C(=N)O2. The summed E-state index contributed by atoms with van der Waals surface area (Å²) in [5, 5.41) is 26.2. The molecule has 2 N–H and O–H groups in total.